The Morgan fingerprint density at radius 2 is 2.08 bits per heavy atom. The van der Waals surface area contributed by atoms with Crippen LogP contribution in [0.5, 0.6) is 5.75 Å². The normalized spacial score (nSPS) is 25.4. The SMILES string of the molecule is O=C1NCC(=O)N2CC(NC(=O)N3CC(Oc4cccc(Cl)c4)C3)CC12. The summed E-state index contributed by atoms with van der Waals surface area (Å²) in [6, 6.07) is 6.26. The first-order valence-corrected chi connectivity index (χ1v) is 8.92. The van der Waals surface area contributed by atoms with Gasteiger partial charge in [-0.05, 0) is 24.6 Å². The van der Waals surface area contributed by atoms with Gasteiger partial charge in [0.25, 0.3) is 0 Å². The smallest absolute Gasteiger partial charge is 0.317 e. The minimum absolute atomic E-state index is 0.0324. The molecule has 0 aliphatic carbocycles. The van der Waals surface area contributed by atoms with Crippen molar-refractivity contribution in [3.8, 4) is 5.75 Å². The van der Waals surface area contributed by atoms with Crippen molar-refractivity contribution in [2.45, 2.75) is 24.6 Å². The molecule has 3 heterocycles. The van der Waals surface area contributed by atoms with E-state index >= 15 is 0 Å². The van der Waals surface area contributed by atoms with E-state index in [1.165, 1.54) is 0 Å². The standard InChI is InChI=1S/C17H19ClN4O4/c18-10-2-1-3-12(4-10)26-13-8-21(9-13)17(25)20-11-5-14-16(24)19-6-15(23)22(14)7-11/h1-4,11,13-14H,5-9H2,(H,19,24)(H,20,25). The summed E-state index contributed by atoms with van der Waals surface area (Å²) in [7, 11) is 0. The number of benzene rings is 1. The monoisotopic (exact) mass is 378 g/mol. The Morgan fingerprint density at radius 1 is 1.27 bits per heavy atom. The van der Waals surface area contributed by atoms with Crippen molar-refractivity contribution in [2.24, 2.45) is 0 Å². The minimum atomic E-state index is -0.475. The molecule has 2 unspecified atom stereocenters. The van der Waals surface area contributed by atoms with Gasteiger partial charge in [-0.3, -0.25) is 9.59 Å². The Hall–Kier alpha value is -2.48. The number of piperazine rings is 1. The molecule has 3 aliphatic rings. The zero-order chi connectivity index (χ0) is 18.3. The second-order valence-electron chi connectivity index (χ2n) is 6.76. The van der Waals surface area contributed by atoms with Crippen LogP contribution < -0.4 is 15.4 Å². The molecule has 9 heteroatoms. The number of hydrogen-bond acceptors (Lipinski definition) is 4. The van der Waals surface area contributed by atoms with Crippen molar-refractivity contribution in [1.82, 2.24) is 20.4 Å². The van der Waals surface area contributed by atoms with Gasteiger partial charge in [-0.25, -0.2) is 4.79 Å². The van der Waals surface area contributed by atoms with E-state index in [-0.39, 0.29) is 36.5 Å². The molecule has 3 fully saturated rings. The minimum Gasteiger partial charge on any atom is -0.487 e. The first-order chi connectivity index (χ1) is 12.5. The van der Waals surface area contributed by atoms with E-state index in [0.717, 1.165) is 0 Å². The summed E-state index contributed by atoms with van der Waals surface area (Å²) >= 11 is 5.93. The molecule has 138 valence electrons. The summed E-state index contributed by atoms with van der Waals surface area (Å²) in [5.41, 5.74) is 0. The fourth-order valence-electron chi connectivity index (χ4n) is 3.52. The fourth-order valence-corrected chi connectivity index (χ4v) is 3.70. The average molecular weight is 379 g/mol. The molecule has 0 bridgehead atoms. The number of fused-ring (bicyclic) bond motifs is 1. The van der Waals surface area contributed by atoms with Gasteiger partial charge in [0.05, 0.1) is 25.7 Å². The third kappa shape index (κ3) is 3.29. The lowest BCUT2D eigenvalue weighted by Gasteiger charge is -2.39. The molecule has 0 radical (unpaired) electrons. The van der Waals surface area contributed by atoms with Crippen LogP contribution in [0.1, 0.15) is 6.42 Å². The van der Waals surface area contributed by atoms with E-state index in [9.17, 15) is 14.4 Å². The molecular weight excluding hydrogens is 360 g/mol. The summed E-state index contributed by atoms with van der Waals surface area (Å²) in [5, 5.41) is 6.09. The average Bonchev–Trinajstić information content (AvgIpc) is 2.99. The number of urea groups is 1. The van der Waals surface area contributed by atoms with Crippen molar-refractivity contribution < 1.29 is 19.1 Å². The Kier molecular flexibility index (Phi) is 4.36. The van der Waals surface area contributed by atoms with Crippen LogP contribution in [0.4, 0.5) is 4.79 Å². The molecule has 0 aromatic heterocycles. The van der Waals surface area contributed by atoms with Crippen molar-refractivity contribution in [2.75, 3.05) is 26.2 Å². The van der Waals surface area contributed by atoms with Gasteiger partial charge in [-0.15, -0.1) is 0 Å². The highest BCUT2D eigenvalue weighted by molar-refractivity contribution is 6.30. The van der Waals surface area contributed by atoms with Gasteiger partial charge in [0.15, 0.2) is 0 Å². The van der Waals surface area contributed by atoms with Crippen LogP contribution in [0.25, 0.3) is 0 Å². The number of hydrogen-bond donors (Lipinski definition) is 2. The third-order valence-electron chi connectivity index (χ3n) is 4.90. The topological polar surface area (TPSA) is 91.0 Å². The van der Waals surface area contributed by atoms with E-state index < -0.39 is 6.04 Å². The van der Waals surface area contributed by atoms with Crippen LogP contribution in [-0.4, -0.2) is 72.0 Å². The Morgan fingerprint density at radius 3 is 2.81 bits per heavy atom. The maximum Gasteiger partial charge on any atom is 0.317 e. The predicted molar refractivity (Wildman–Crippen MR) is 92.9 cm³/mol. The highest BCUT2D eigenvalue weighted by Crippen LogP contribution is 2.23. The van der Waals surface area contributed by atoms with Crippen LogP contribution in [0.3, 0.4) is 0 Å². The van der Waals surface area contributed by atoms with E-state index in [0.29, 0.717) is 36.8 Å². The molecule has 1 aromatic carbocycles. The second-order valence-corrected chi connectivity index (χ2v) is 7.20. The molecule has 0 spiro atoms. The van der Waals surface area contributed by atoms with Crippen molar-refractivity contribution >= 4 is 29.4 Å². The lowest BCUT2D eigenvalue weighted by atomic mass is 10.1. The lowest BCUT2D eigenvalue weighted by Crippen LogP contribution is -2.60. The molecule has 2 atom stereocenters. The summed E-state index contributed by atoms with van der Waals surface area (Å²) in [5.74, 6) is 0.422. The van der Waals surface area contributed by atoms with Crippen molar-refractivity contribution in [3.05, 3.63) is 29.3 Å². The molecule has 3 aliphatic heterocycles. The van der Waals surface area contributed by atoms with E-state index in [1.807, 2.05) is 12.1 Å². The van der Waals surface area contributed by atoms with Gasteiger partial charge in [-0.2, -0.15) is 0 Å². The van der Waals surface area contributed by atoms with Crippen LogP contribution in [0.2, 0.25) is 5.02 Å². The van der Waals surface area contributed by atoms with Crippen molar-refractivity contribution in [3.63, 3.8) is 0 Å². The number of rotatable bonds is 3. The molecule has 8 nitrogen and oxygen atoms in total. The van der Waals surface area contributed by atoms with Crippen molar-refractivity contribution in [1.29, 1.82) is 0 Å². The summed E-state index contributed by atoms with van der Waals surface area (Å²) in [6.07, 6.45) is 0.376. The van der Waals surface area contributed by atoms with Gasteiger partial charge in [-0.1, -0.05) is 17.7 Å². The molecule has 4 amide bonds. The first-order valence-electron chi connectivity index (χ1n) is 8.54. The number of likely N-dealkylation sites (tertiary alicyclic amines) is 1. The van der Waals surface area contributed by atoms with Gasteiger partial charge in [0, 0.05) is 11.6 Å². The number of carbonyl (C=O) groups is 3. The summed E-state index contributed by atoms with van der Waals surface area (Å²) in [4.78, 5) is 39.2. The maximum atomic E-state index is 12.3. The zero-order valence-electron chi connectivity index (χ0n) is 14.0. The molecule has 2 N–H and O–H groups in total. The summed E-state index contributed by atoms with van der Waals surface area (Å²) < 4.78 is 5.77. The zero-order valence-corrected chi connectivity index (χ0v) is 14.7. The lowest BCUT2D eigenvalue weighted by molar-refractivity contribution is -0.143. The Balaban J connectivity index is 1.25. The molecule has 1 aromatic rings. The molecule has 0 saturated carbocycles. The predicted octanol–water partition coefficient (Wildman–Crippen LogP) is 0.212. The van der Waals surface area contributed by atoms with E-state index in [2.05, 4.69) is 10.6 Å². The first kappa shape index (κ1) is 17.0. The number of nitrogens with one attached hydrogen (secondary N) is 2. The summed E-state index contributed by atoms with van der Waals surface area (Å²) in [6.45, 7) is 1.37. The van der Waals surface area contributed by atoms with Crippen LogP contribution >= 0.6 is 11.6 Å². The largest absolute Gasteiger partial charge is 0.487 e. The molecule has 4 rings (SSSR count). The van der Waals surface area contributed by atoms with Gasteiger partial charge < -0.3 is 25.2 Å². The van der Waals surface area contributed by atoms with Gasteiger partial charge in [0.1, 0.15) is 17.9 Å². The van der Waals surface area contributed by atoms with E-state index in [1.54, 1.807) is 21.9 Å². The van der Waals surface area contributed by atoms with E-state index in [4.69, 9.17) is 16.3 Å². The molecular formula is C17H19ClN4O4. The number of carbonyl (C=O) groups excluding carboxylic acids is 3. The van der Waals surface area contributed by atoms with Crippen LogP contribution in [-0.2, 0) is 9.59 Å². The Labute approximate surface area is 155 Å². The number of halogens is 1. The molecule has 3 saturated heterocycles. The fraction of sp³-hybridized carbons (Fsp3) is 0.471. The maximum absolute atomic E-state index is 12.3. The van der Waals surface area contributed by atoms with Crippen LogP contribution in [0, 0.1) is 0 Å². The second kappa shape index (κ2) is 6.68. The van der Waals surface area contributed by atoms with Crippen LogP contribution in [0.15, 0.2) is 24.3 Å². The Bertz CT molecular complexity index is 728. The number of amides is 4. The van der Waals surface area contributed by atoms with Gasteiger partial charge >= 0.3 is 6.03 Å². The highest BCUT2D eigenvalue weighted by Gasteiger charge is 2.43. The third-order valence-corrected chi connectivity index (χ3v) is 5.13. The number of ether oxygens (including phenoxy) is 1. The van der Waals surface area contributed by atoms with Gasteiger partial charge in [0.2, 0.25) is 11.8 Å². The highest BCUT2D eigenvalue weighted by atomic mass is 35.5. The molecule has 26 heavy (non-hydrogen) atoms. The quantitative estimate of drug-likeness (QED) is 0.786. The number of nitrogens with zero attached hydrogens (tertiary/aromatic N) is 2.